The molecule has 0 aliphatic carbocycles. The highest BCUT2D eigenvalue weighted by Gasteiger charge is 2.35. The highest BCUT2D eigenvalue weighted by Crippen LogP contribution is 2.26. The second kappa shape index (κ2) is 8.25. The first-order chi connectivity index (χ1) is 12.6. The Balaban J connectivity index is 1.43. The Hall–Kier alpha value is -2.51. The molecule has 2 aromatic rings. The molecule has 2 aromatic carbocycles. The van der Waals surface area contributed by atoms with E-state index in [9.17, 15) is 14.4 Å². The Labute approximate surface area is 159 Å². The minimum absolute atomic E-state index is 0.159. The predicted molar refractivity (Wildman–Crippen MR) is 98.1 cm³/mol. The smallest absolute Gasteiger partial charge is 0.261 e. The van der Waals surface area contributed by atoms with E-state index in [2.05, 4.69) is 21.4 Å². The molecule has 3 rings (SSSR count). The molecule has 0 unspecified atom stereocenters. The van der Waals surface area contributed by atoms with Crippen molar-refractivity contribution in [3.8, 4) is 0 Å². The molecular weight excluding hydrogens is 400 g/mol. The van der Waals surface area contributed by atoms with Crippen molar-refractivity contribution in [2.75, 3.05) is 6.54 Å². The largest absolute Gasteiger partial charge is 0.274 e. The van der Waals surface area contributed by atoms with Crippen LogP contribution in [0.3, 0.4) is 0 Å². The Morgan fingerprint density at radius 2 is 1.77 bits per heavy atom. The van der Waals surface area contributed by atoms with Gasteiger partial charge in [0.05, 0.1) is 17.7 Å². The van der Waals surface area contributed by atoms with Crippen molar-refractivity contribution in [2.24, 2.45) is 0 Å². The maximum Gasteiger partial charge on any atom is 0.261 e. The second-order valence-electron chi connectivity index (χ2n) is 5.85. The van der Waals surface area contributed by atoms with Crippen LogP contribution in [-0.4, -0.2) is 29.2 Å². The molecule has 7 heteroatoms. The van der Waals surface area contributed by atoms with E-state index in [4.69, 9.17) is 4.84 Å². The van der Waals surface area contributed by atoms with Crippen LogP contribution in [0.5, 0.6) is 0 Å². The van der Waals surface area contributed by atoms with Crippen LogP contribution in [0.4, 0.5) is 0 Å². The number of hydroxylamine groups is 1. The average Bonchev–Trinajstić information content (AvgIpc) is 2.87. The van der Waals surface area contributed by atoms with Gasteiger partial charge in [-0.25, -0.2) is 5.48 Å². The Morgan fingerprint density at radius 3 is 2.54 bits per heavy atom. The zero-order valence-electron chi connectivity index (χ0n) is 13.9. The highest BCUT2D eigenvalue weighted by molar-refractivity contribution is 9.10. The summed E-state index contributed by atoms with van der Waals surface area (Å²) in [6.45, 7) is 0.468. The fraction of sp³-hybridized carbons (Fsp3) is 0.211. The van der Waals surface area contributed by atoms with Crippen molar-refractivity contribution in [1.29, 1.82) is 0 Å². The number of carbonyl (C=O) groups is 3. The molecule has 0 saturated heterocycles. The van der Waals surface area contributed by atoms with Gasteiger partial charge in [-0.1, -0.05) is 46.3 Å². The maximum absolute atomic E-state index is 12.3. The van der Waals surface area contributed by atoms with Gasteiger partial charge < -0.3 is 0 Å². The third kappa shape index (κ3) is 4.17. The van der Waals surface area contributed by atoms with Crippen LogP contribution >= 0.6 is 15.9 Å². The fourth-order valence-corrected chi connectivity index (χ4v) is 3.05. The zero-order valence-corrected chi connectivity index (χ0v) is 15.5. The van der Waals surface area contributed by atoms with Crippen LogP contribution in [-0.2, 0) is 16.2 Å². The predicted octanol–water partition coefficient (Wildman–Crippen LogP) is 3.07. The summed E-state index contributed by atoms with van der Waals surface area (Å²) in [7, 11) is 0. The summed E-state index contributed by atoms with van der Waals surface area (Å²) < 4.78 is 0.745. The molecule has 0 fully saturated rings. The monoisotopic (exact) mass is 416 g/mol. The standard InChI is InChI=1S/C19H17BrN2O4/c20-14-8-9-15-16(11-14)19(25)22(18(15)24)10-4-7-17(23)21-26-12-13-5-2-1-3-6-13/h1-3,5-6,8-9,11H,4,7,10,12H2,(H,21,23). The third-order valence-electron chi connectivity index (χ3n) is 3.99. The summed E-state index contributed by atoms with van der Waals surface area (Å²) in [5.74, 6) is -0.939. The van der Waals surface area contributed by atoms with Crippen molar-refractivity contribution in [1.82, 2.24) is 10.4 Å². The second-order valence-corrected chi connectivity index (χ2v) is 6.77. The normalized spacial score (nSPS) is 13.0. The molecule has 3 amide bonds. The number of rotatable bonds is 7. The summed E-state index contributed by atoms with van der Waals surface area (Å²) in [5, 5.41) is 0. The molecule has 134 valence electrons. The maximum atomic E-state index is 12.3. The molecule has 6 nitrogen and oxygen atoms in total. The Morgan fingerprint density at radius 1 is 1.04 bits per heavy atom. The number of nitrogens with one attached hydrogen (secondary N) is 1. The van der Waals surface area contributed by atoms with Crippen molar-refractivity contribution >= 4 is 33.7 Å². The van der Waals surface area contributed by atoms with Crippen LogP contribution in [0.25, 0.3) is 0 Å². The van der Waals surface area contributed by atoms with Gasteiger partial charge in [-0.15, -0.1) is 0 Å². The lowest BCUT2D eigenvalue weighted by Crippen LogP contribution is -2.32. The van der Waals surface area contributed by atoms with Gasteiger partial charge in [-0.2, -0.15) is 0 Å². The summed E-state index contributed by atoms with van der Waals surface area (Å²) in [6.07, 6.45) is 0.527. The summed E-state index contributed by atoms with van der Waals surface area (Å²) in [4.78, 5) is 42.7. The quantitative estimate of drug-likeness (QED) is 0.555. The molecule has 1 aliphatic heterocycles. The molecule has 0 spiro atoms. The molecule has 0 radical (unpaired) electrons. The highest BCUT2D eigenvalue weighted by atomic mass is 79.9. The van der Waals surface area contributed by atoms with Crippen molar-refractivity contribution in [3.05, 3.63) is 69.7 Å². The molecule has 1 N–H and O–H groups in total. The van der Waals surface area contributed by atoms with Gasteiger partial charge in [-0.05, 0) is 30.2 Å². The number of imide groups is 1. The summed E-state index contributed by atoms with van der Waals surface area (Å²) in [6, 6.07) is 14.5. The van der Waals surface area contributed by atoms with Gasteiger partial charge in [-0.3, -0.25) is 24.1 Å². The summed E-state index contributed by atoms with van der Waals surface area (Å²) >= 11 is 3.30. The lowest BCUT2D eigenvalue weighted by atomic mass is 10.1. The van der Waals surface area contributed by atoms with E-state index in [1.807, 2.05) is 30.3 Å². The zero-order chi connectivity index (χ0) is 18.5. The van der Waals surface area contributed by atoms with Gasteiger partial charge in [0.15, 0.2) is 0 Å². The van der Waals surface area contributed by atoms with Crippen LogP contribution in [0.2, 0.25) is 0 Å². The molecular formula is C19H17BrN2O4. The molecule has 0 saturated carbocycles. The SMILES string of the molecule is O=C(CCCN1C(=O)c2ccc(Br)cc2C1=O)NOCc1ccccc1. The number of nitrogens with zero attached hydrogens (tertiary/aromatic N) is 1. The van der Waals surface area contributed by atoms with E-state index in [0.29, 0.717) is 17.5 Å². The van der Waals surface area contributed by atoms with Crippen LogP contribution in [0.1, 0.15) is 39.1 Å². The molecule has 26 heavy (non-hydrogen) atoms. The number of carbonyl (C=O) groups excluding carboxylic acids is 3. The molecule has 1 aliphatic rings. The number of hydrogen-bond donors (Lipinski definition) is 1. The number of hydrogen-bond acceptors (Lipinski definition) is 4. The van der Waals surface area contributed by atoms with E-state index in [1.165, 1.54) is 4.90 Å². The number of fused-ring (bicyclic) bond motifs is 1. The molecule has 1 heterocycles. The first-order valence-corrected chi connectivity index (χ1v) is 8.96. The topological polar surface area (TPSA) is 75.7 Å². The number of benzene rings is 2. The van der Waals surface area contributed by atoms with E-state index in [1.54, 1.807) is 18.2 Å². The van der Waals surface area contributed by atoms with Gasteiger partial charge in [0.25, 0.3) is 11.8 Å². The fourth-order valence-electron chi connectivity index (χ4n) is 2.69. The average molecular weight is 417 g/mol. The van der Waals surface area contributed by atoms with Crippen molar-refractivity contribution in [2.45, 2.75) is 19.4 Å². The number of amides is 3. The van der Waals surface area contributed by atoms with Gasteiger partial charge in [0.2, 0.25) is 5.91 Å². The van der Waals surface area contributed by atoms with Crippen molar-refractivity contribution in [3.63, 3.8) is 0 Å². The molecule has 0 bridgehead atoms. The summed E-state index contributed by atoms with van der Waals surface area (Å²) in [5.41, 5.74) is 4.11. The van der Waals surface area contributed by atoms with Crippen LogP contribution in [0.15, 0.2) is 53.0 Å². The Kier molecular flexibility index (Phi) is 5.80. The van der Waals surface area contributed by atoms with E-state index in [0.717, 1.165) is 10.0 Å². The van der Waals surface area contributed by atoms with Gasteiger partial charge >= 0.3 is 0 Å². The van der Waals surface area contributed by atoms with E-state index in [-0.39, 0.29) is 37.3 Å². The third-order valence-corrected chi connectivity index (χ3v) is 4.48. The first kappa shape index (κ1) is 18.3. The van der Waals surface area contributed by atoms with E-state index < -0.39 is 0 Å². The molecule has 0 aromatic heterocycles. The molecule has 0 atom stereocenters. The Bertz CT molecular complexity index is 839. The van der Waals surface area contributed by atoms with Gasteiger partial charge in [0, 0.05) is 17.4 Å². The lowest BCUT2D eigenvalue weighted by molar-refractivity contribution is -0.134. The first-order valence-electron chi connectivity index (χ1n) is 8.16. The minimum atomic E-state index is -0.327. The van der Waals surface area contributed by atoms with Crippen molar-refractivity contribution < 1.29 is 19.2 Å². The van der Waals surface area contributed by atoms with Crippen LogP contribution in [0, 0.1) is 0 Å². The van der Waals surface area contributed by atoms with Crippen LogP contribution < -0.4 is 5.48 Å². The minimum Gasteiger partial charge on any atom is -0.274 e. The number of halogens is 1. The lowest BCUT2D eigenvalue weighted by Gasteiger charge is -2.13. The van der Waals surface area contributed by atoms with E-state index >= 15 is 0 Å². The van der Waals surface area contributed by atoms with Gasteiger partial charge in [0.1, 0.15) is 0 Å².